The van der Waals surface area contributed by atoms with Crippen LogP contribution in [-0.2, 0) is 0 Å². The number of nitrogens with one attached hydrogen (secondary N) is 1. The van der Waals surface area contributed by atoms with E-state index in [2.05, 4.69) is 19.2 Å². The van der Waals surface area contributed by atoms with E-state index in [0.29, 0.717) is 11.6 Å². The minimum atomic E-state index is -0.391. The van der Waals surface area contributed by atoms with E-state index in [0.717, 1.165) is 31.2 Å². The maximum atomic E-state index is 13.6. The highest BCUT2D eigenvalue weighted by atomic mass is 19.1. The summed E-state index contributed by atoms with van der Waals surface area (Å²) in [4.78, 5) is 0. The first-order chi connectivity index (χ1) is 9.06. The Morgan fingerprint density at radius 2 is 1.89 bits per heavy atom. The standard InChI is InChI=1S/C16H23F2N/c1-11(2)12-4-3-5-14(8-6-12)19-16-10-13(17)7-9-15(16)18/h7,9-12,14,19H,3-6,8H2,1-2H3. The lowest BCUT2D eigenvalue weighted by Gasteiger charge is -2.20. The van der Waals surface area contributed by atoms with E-state index in [9.17, 15) is 8.78 Å². The summed E-state index contributed by atoms with van der Waals surface area (Å²) in [5, 5.41) is 3.17. The molecule has 1 aromatic rings. The van der Waals surface area contributed by atoms with Crippen LogP contribution in [0.4, 0.5) is 14.5 Å². The SMILES string of the molecule is CC(C)C1CCCC(Nc2cc(F)ccc2F)CC1. The lowest BCUT2D eigenvalue weighted by atomic mass is 9.89. The van der Waals surface area contributed by atoms with Crippen molar-refractivity contribution in [3.8, 4) is 0 Å². The summed E-state index contributed by atoms with van der Waals surface area (Å²) in [6.07, 6.45) is 5.67. The van der Waals surface area contributed by atoms with Gasteiger partial charge in [0.25, 0.3) is 0 Å². The Morgan fingerprint density at radius 3 is 2.63 bits per heavy atom. The third kappa shape index (κ3) is 3.92. The molecule has 1 aliphatic carbocycles. The van der Waals surface area contributed by atoms with Gasteiger partial charge in [0.05, 0.1) is 5.69 Å². The Balaban J connectivity index is 1.98. The molecule has 0 aromatic heterocycles. The lowest BCUT2D eigenvalue weighted by Crippen LogP contribution is -2.19. The van der Waals surface area contributed by atoms with Gasteiger partial charge in [0, 0.05) is 6.04 Å². The average Bonchev–Trinajstić information content (AvgIpc) is 2.59. The third-order valence-electron chi connectivity index (χ3n) is 4.24. The quantitative estimate of drug-likeness (QED) is 0.761. The van der Waals surface area contributed by atoms with Gasteiger partial charge >= 0.3 is 0 Å². The molecule has 2 rings (SSSR count). The van der Waals surface area contributed by atoms with Crippen molar-refractivity contribution in [1.29, 1.82) is 0 Å². The topological polar surface area (TPSA) is 12.0 Å². The monoisotopic (exact) mass is 267 g/mol. The average molecular weight is 267 g/mol. The molecule has 0 bridgehead atoms. The Hall–Kier alpha value is -1.12. The number of rotatable bonds is 3. The van der Waals surface area contributed by atoms with Crippen LogP contribution in [0.1, 0.15) is 46.0 Å². The summed E-state index contributed by atoms with van der Waals surface area (Å²) in [6, 6.07) is 3.86. The first-order valence-corrected chi connectivity index (χ1v) is 7.28. The predicted octanol–water partition coefficient (Wildman–Crippen LogP) is 4.98. The van der Waals surface area contributed by atoms with Gasteiger partial charge in [-0.25, -0.2) is 8.78 Å². The van der Waals surface area contributed by atoms with Gasteiger partial charge in [-0.3, -0.25) is 0 Å². The van der Waals surface area contributed by atoms with E-state index in [1.54, 1.807) is 0 Å². The van der Waals surface area contributed by atoms with Gasteiger partial charge in [-0.15, -0.1) is 0 Å². The summed E-state index contributed by atoms with van der Waals surface area (Å²) >= 11 is 0. The zero-order valence-corrected chi connectivity index (χ0v) is 11.8. The van der Waals surface area contributed by atoms with Crippen LogP contribution in [0, 0.1) is 23.5 Å². The molecule has 0 radical (unpaired) electrons. The highest BCUT2D eigenvalue weighted by Crippen LogP contribution is 2.30. The zero-order valence-electron chi connectivity index (χ0n) is 11.8. The largest absolute Gasteiger partial charge is 0.380 e. The van der Waals surface area contributed by atoms with Crippen LogP contribution in [-0.4, -0.2) is 6.04 Å². The lowest BCUT2D eigenvalue weighted by molar-refractivity contribution is 0.341. The molecule has 1 fully saturated rings. The van der Waals surface area contributed by atoms with Crippen LogP contribution in [0.25, 0.3) is 0 Å². The molecule has 0 heterocycles. The van der Waals surface area contributed by atoms with E-state index < -0.39 is 5.82 Å². The fourth-order valence-electron chi connectivity index (χ4n) is 2.97. The molecule has 19 heavy (non-hydrogen) atoms. The van der Waals surface area contributed by atoms with Gasteiger partial charge < -0.3 is 5.32 Å². The summed E-state index contributed by atoms with van der Waals surface area (Å²) < 4.78 is 26.7. The van der Waals surface area contributed by atoms with Crippen molar-refractivity contribution in [1.82, 2.24) is 0 Å². The van der Waals surface area contributed by atoms with Crippen LogP contribution >= 0.6 is 0 Å². The summed E-state index contributed by atoms with van der Waals surface area (Å²) in [5.41, 5.74) is 0.299. The van der Waals surface area contributed by atoms with Gasteiger partial charge in [0.15, 0.2) is 0 Å². The smallest absolute Gasteiger partial charge is 0.146 e. The fourth-order valence-corrected chi connectivity index (χ4v) is 2.97. The minimum absolute atomic E-state index is 0.264. The highest BCUT2D eigenvalue weighted by molar-refractivity contribution is 5.45. The molecule has 1 saturated carbocycles. The molecule has 1 aliphatic rings. The number of anilines is 1. The molecule has 0 saturated heterocycles. The molecule has 0 amide bonds. The fraction of sp³-hybridized carbons (Fsp3) is 0.625. The summed E-state index contributed by atoms with van der Waals surface area (Å²) in [7, 11) is 0. The molecule has 1 aromatic carbocycles. The van der Waals surface area contributed by atoms with E-state index in [-0.39, 0.29) is 11.9 Å². The molecule has 0 spiro atoms. The Bertz CT molecular complexity index is 417. The van der Waals surface area contributed by atoms with Crippen molar-refractivity contribution in [2.75, 3.05) is 5.32 Å². The van der Waals surface area contributed by atoms with Gasteiger partial charge in [-0.1, -0.05) is 26.7 Å². The van der Waals surface area contributed by atoms with Crippen LogP contribution in [0.15, 0.2) is 18.2 Å². The Labute approximate surface area is 114 Å². The van der Waals surface area contributed by atoms with Crippen molar-refractivity contribution in [2.45, 2.75) is 52.0 Å². The second-order valence-electron chi connectivity index (χ2n) is 5.98. The van der Waals surface area contributed by atoms with Crippen LogP contribution < -0.4 is 5.32 Å². The molecule has 0 aliphatic heterocycles. The van der Waals surface area contributed by atoms with Crippen LogP contribution in [0.5, 0.6) is 0 Å². The van der Waals surface area contributed by atoms with E-state index in [1.807, 2.05) is 0 Å². The number of hydrogen-bond donors (Lipinski definition) is 1. The summed E-state index contributed by atoms with van der Waals surface area (Å²) in [6.45, 7) is 4.54. The van der Waals surface area contributed by atoms with E-state index in [4.69, 9.17) is 0 Å². The maximum absolute atomic E-state index is 13.6. The van der Waals surface area contributed by atoms with Crippen molar-refractivity contribution >= 4 is 5.69 Å². The molecule has 1 N–H and O–H groups in total. The molecular weight excluding hydrogens is 244 g/mol. The third-order valence-corrected chi connectivity index (χ3v) is 4.24. The van der Waals surface area contributed by atoms with Crippen molar-refractivity contribution < 1.29 is 8.78 Å². The normalized spacial score (nSPS) is 24.3. The van der Waals surface area contributed by atoms with Crippen LogP contribution in [0.3, 0.4) is 0 Å². The van der Waals surface area contributed by atoms with E-state index in [1.165, 1.54) is 25.0 Å². The van der Waals surface area contributed by atoms with Crippen molar-refractivity contribution in [3.63, 3.8) is 0 Å². The molecular formula is C16H23F2N. The zero-order chi connectivity index (χ0) is 13.8. The maximum Gasteiger partial charge on any atom is 0.146 e. The highest BCUT2D eigenvalue weighted by Gasteiger charge is 2.21. The second-order valence-corrected chi connectivity index (χ2v) is 5.98. The first-order valence-electron chi connectivity index (χ1n) is 7.28. The first kappa shape index (κ1) is 14.3. The summed E-state index contributed by atoms with van der Waals surface area (Å²) in [5.74, 6) is 0.720. The number of hydrogen-bond acceptors (Lipinski definition) is 1. The molecule has 2 unspecified atom stereocenters. The molecule has 2 atom stereocenters. The van der Waals surface area contributed by atoms with Gasteiger partial charge in [-0.2, -0.15) is 0 Å². The van der Waals surface area contributed by atoms with Crippen LogP contribution in [0.2, 0.25) is 0 Å². The number of benzene rings is 1. The number of halogens is 2. The predicted molar refractivity (Wildman–Crippen MR) is 75.2 cm³/mol. The molecule has 106 valence electrons. The second kappa shape index (κ2) is 6.36. The van der Waals surface area contributed by atoms with Crippen molar-refractivity contribution in [3.05, 3.63) is 29.8 Å². The Morgan fingerprint density at radius 1 is 1.11 bits per heavy atom. The van der Waals surface area contributed by atoms with Gasteiger partial charge in [-0.05, 0) is 49.3 Å². The molecule has 1 nitrogen and oxygen atoms in total. The molecule has 3 heteroatoms. The Kier molecular flexibility index (Phi) is 4.78. The van der Waals surface area contributed by atoms with E-state index >= 15 is 0 Å². The van der Waals surface area contributed by atoms with Crippen molar-refractivity contribution in [2.24, 2.45) is 11.8 Å². The van der Waals surface area contributed by atoms with Gasteiger partial charge in [0.1, 0.15) is 11.6 Å². The van der Waals surface area contributed by atoms with Gasteiger partial charge in [0.2, 0.25) is 0 Å². The minimum Gasteiger partial charge on any atom is -0.380 e.